The third kappa shape index (κ3) is 7.22. The molecule has 2 atom stereocenters. The molecule has 1 unspecified atom stereocenters. The molecule has 0 radical (unpaired) electrons. The second-order valence-electron chi connectivity index (χ2n) is 6.98. The molecule has 0 spiro atoms. The zero-order valence-electron chi connectivity index (χ0n) is 16.9. The van der Waals surface area contributed by atoms with Crippen LogP contribution in [0.1, 0.15) is 40.8 Å². The van der Waals surface area contributed by atoms with Crippen LogP contribution in [0.15, 0.2) is 30.5 Å². The molecule has 0 aliphatic carbocycles. The van der Waals surface area contributed by atoms with Crippen molar-refractivity contribution in [1.29, 1.82) is 0 Å². The minimum atomic E-state index is -4.40. The fourth-order valence-electron chi connectivity index (χ4n) is 2.70. The first-order valence-corrected chi connectivity index (χ1v) is 9.48. The molecule has 0 aliphatic rings. The summed E-state index contributed by atoms with van der Waals surface area (Å²) >= 11 is 0. The summed E-state index contributed by atoms with van der Waals surface area (Å²) in [4.78, 5) is 52.6. The van der Waals surface area contributed by atoms with Crippen LogP contribution in [0.3, 0.4) is 0 Å². The minimum Gasteiger partial charge on any atom is -0.481 e. The molecule has 0 aliphatic heterocycles. The highest BCUT2D eigenvalue weighted by atomic mass is 19.4. The molecule has 1 aromatic carbocycles. The fraction of sp³-hybridized carbons (Fsp3) is 0.350. The number of carboxylic acids is 1. The van der Waals surface area contributed by atoms with Gasteiger partial charge >= 0.3 is 12.1 Å². The molecule has 4 N–H and O–H groups in total. The molecule has 2 aromatic rings. The van der Waals surface area contributed by atoms with Crippen molar-refractivity contribution >= 4 is 24.1 Å². The maximum atomic E-state index is 12.6. The molecule has 12 heteroatoms. The Kier molecular flexibility index (Phi) is 8.10. The number of hydrogen-bond donors (Lipinski definition) is 4. The van der Waals surface area contributed by atoms with Crippen molar-refractivity contribution in [2.24, 2.45) is 0 Å². The number of aromatic nitrogens is 2. The quantitative estimate of drug-likeness (QED) is 0.401. The second-order valence-corrected chi connectivity index (χ2v) is 6.98. The predicted octanol–water partition coefficient (Wildman–Crippen LogP) is 1.49. The molecule has 9 nitrogen and oxygen atoms in total. The standard InChI is InChI=1S/C20H21F3N4O5/c1-11(18(31)26-14(10-28)8-17(29)30)25-19(32)15-9-24-16(27-15)7-4-12-2-5-13(6-3-12)20(21,22)23/h2-3,5-6,9-11,14H,4,7-8H2,1H3,(H,24,27)(H,25,32)(H,26,31)(H,29,30)/t11-,14?/m0/s1. The van der Waals surface area contributed by atoms with Gasteiger partial charge in [-0.1, -0.05) is 12.1 Å². The number of alkyl halides is 3. The number of aldehydes is 1. The van der Waals surface area contributed by atoms with E-state index in [1.165, 1.54) is 25.3 Å². The topological polar surface area (TPSA) is 141 Å². The number of imidazole rings is 1. The maximum absolute atomic E-state index is 12.6. The number of amides is 2. The number of H-pyrrole nitrogens is 1. The normalized spacial score (nSPS) is 13.1. The number of hydrogen-bond acceptors (Lipinski definition) is 5. The zero-order valence-corrected chi connectivity index (χ0v) is 16.9. The summed E-state index contributed by atoms with van der Waals surface area (Å²) in [5, 5.41) is 13.3. The van der Waals surface area contributed by atoms with Crippen LogP contribution in [-0.4, -0.2) is 51.2 Å². The first kappa shape index (κ1) is 24.6. The number of carbonyl (C=O) groups excluding carboxylic acids is 3. The number of nitrogens with one attached hydrogen (secondary N) is 3. The van der Waals surface area contributed by atoms with Crippen LogP contribution in [0.5, 0.6) is 0 Å². The Hall–Kier alpha value is -3.70. The average molecular weight is 454 g/mol. The number of carboxylic acid groups (broad SMARTS) is 1. The Morgan fingerprint density at radius 1 is 1.16 bits per heavy atom. The number of carbonyl (C=O) groups is 4. The zero-order chi connectivity index (χ0) is 23.9. The number of aryl methyl sites for hydroxylation is 2. The lowest BCUT2D eigenvalue weighted by Crippen LogP contribution is -2.49. The van der Waals surface area contributed by atoms with E-state index in [-0.39, 0.29) is 5.69 Å². The number of rotatable bonds is 10. The van der Waals surface area contributed by atoms with Gasteiger partial charge in [-0.05, 0) is 31.0 Å². The highest BCUT2D eigenvalue weighted by Crippen LogP contribution is 2.29. The Labute approximate surface area is 180 Å². The van der Waals surface area contributed by atoms with Crippen molar-refractivity contribution < 1.29 is 37.5 Å². The van der Waals surface area contributed by atoms with Crippen LogP contribution in [0, 0.1) is 0 Å². The third-order valence-corrected chi connectivity index (χ3v) is 4.43. The van der Waals surface area contributed by atoms with E-state index in [0.717, 1.165) is 12.1 Å². The molecular formula is C20H21F3N4O5. The van der Waals surface area contributed by atoms with E-state index >= 15 is 0 Å². The molecular weight excluding hydrogens is 433 g/mol. The summed E-state index contributed by atoms with van der Waals surface area (Å²) in [5.41, 5.74) is -0.0138. The van der Waals surface area contributed by atoms with Gasteiger partial charge in [-0.3, -0.25) is 14.4 Å². The number of aliphatic carboxylic acids is 1. The molecule has 1 aromatic heterocycles. The van der Waals surface area contributed by atoms with Crippen molar-refractivity contribution in [2.75, 3.05) is 0 Å². The molecule has 2 amide bonds. The van der Waals surface area contributed by atoms with Crippen LogP contribution in [0.25, 0.3) is 0 Å². The summed E-state index contributed by atoms with van der Waals surface area (Å²) in [6, 6.07) is 2.46. The van der Waals surface area contributed by atoms with Crippen molar-refractivity contribution in [3.05, 3.63) is 53.1 Å². The van der Waals surface area contributed by atoms with E-state index in [1.807, 2.05) is 0 Å². The van der Waals surface area contributed by atoms with Crippen LogP contribution in [-0.2, 0) is 33.4 Å². The van der Waals surface area contributed by atoms with E-state index in [0.29, 0.717) is 30.5 Å². The van der Waals surface area contributed by atoms with Gasteiger partial charge in [0.15, 0.2) is 0 Å². The van der Waals surface area contributed by atoms with Gasteiger partial charge in [-0.15, -0.1) is 0 Å². The summed E-state index contributed by atoms with van der Waals surface area (Å²) in [5.74, 6) is -2.23. The first-order valence-electron chi connectivity index (χ1n) is 9.48. The van der Waals surface area contributed by atoms with Crippen LogP contribution in [0.2, 0.25) is 0 Å². The fourth-order valence-corrected chi connectivity index (χ4v) is 2.70. The van der Waals surface area contributed by atoms with Crippen LogP contribution >= 0.6 is 0 Å². The Bertz CT molecular complexity index is 972. The molecule has 0 saturated heterocycles. The third-order valence-electron chi connectivity index (χ3n) is 4.43. The highest BCUT2D eigenvalue weighted by Gasteiger charge is 2.29. The van der Waals surface area contributed by atoms with Gasteiger partial charge in [-0.2, -0.15) is 13.2 Å². The van der Waals surface area contributed by atoms with E-state index in [1.54, 1.807) is 0 Å². The van der Waals surface area contributed by atoms with Crippen molar-refractivity contribution in [2.45, 2.75) is 44.4 Å². The van der Waals surface area contributed by atoms with Gasteiger partial charge in [0, 0.05) is 6.42 Å². The Morgan fingerprint density at radius 3 is 2.38 bits per heavy atom. The van der Waals surface area contributed by atoms with Gasteiger partial charge in [0.25, 0.3) is 5.91 Å². The summed E-state index contributed by atoms with van der Waals surface area (Å²) in [6.45, 7) is 1.36. The summed E-state index contributed by atoms with van der Waals surface area (Å²) < 4.78 is 37.8. The lowest BCUT2D eigenvalue weighted by atomic mass is 10.1. The smallest absolute Gasteiger partial charge is 0.416 e. The maximum Gasteiger partial charge on any atom is 0.416 e. The highest BCUT2D eigenvalue weighted by molar-refractivity contribution is 5.96. The monoisotopic (exact) mass is 454 g/mol. The van der Waals surface area contributed by atoms with Gasteiger partial charge < -0.3 is 25.5 Å². The minimum absolute atomic E-state index is 0.0598. The van der Waals surface area contributed by atoms with E-state index in [4.69, 9.17) is 5.11 Å². The van der Waals surface area contributed by atoms with Crippen molar-refractivity contribution in [3.8, 4) is 0 Å². The lowest BCUT2D eigenvalue weighted by molar-refractivity contribution is -0.139. The predicted molar refractivity (Wildman–Crippen MR) is 105 cm³/mol. The molecule has 0 fully saturated rings. The van der Waals surface area contributed by atoms with E-state index in [9.17, 15) is 32.3 Å². The van der Waals surface area contributed by atoms with Crippen molar-refractivity contribution in [3.63, 3.8) is 0 Å². The largest absolute Gasteiger partial charge is 0.481 e. The van der Waals surface area contributed by atoms with Crippen LogP contribution in [0.4, 0.5) is 13.2 Å². The molecule has 32 heavy (non-hydrogen) atoms. The summed E-state index contributed by atoms with van der Waals surface area (Å²) in [6.07, 6.45) is -2.72. The van der Waals surface area contributed by atoms with Crippen molar-refractivity contribution in [1.82, 2.24) is 20.6 Å². The summed E-state index contributed by atoms with van der Waals surface area (Å²) in [7, 11) is 0. The molecule has 0 bridgehead atoms. The van der Waals surface area contributed by atoms with Gasteiger partial charge in [0.05, 0.1) is 24.2 Å². The van der Waals surface area contributed by atoms with Crippen LogP contribution < -0.4 is 10.6 Å². The number of nitrogens with zero attached hydrogens (tertiary/aromatic N) is 1. The van der Waals surface area contributed by atoms with E-state index < -0.39 is 48.0 Å². The van der Waals surface area contributed by atoms with Gasteiger partial charge in [0.1, 0.15) is 23.8 Å². The Balaban J connectivity index is 1.88. The molecule has 2 rings (SSSR count). The lowest BCUT2D eigenvalue weighted by Gasteiger charge is -2.16. The molecule has 1 heterocycles. The van der Waals surface area contributed by atoms with Gasteiger partial charge in [-0.25, -0.2) is 4.98 Å². The SMILES string of the molecule is C[C@H](NC(=O)c1cnc(CCc2ccc(C(F)(F)F)cc2)[nH]1)C(=O)NC(C=O)CC(=O)O. The number of halogens is 3. The second kappa shape index (κ2) is 10.6. The number of benzene rings is 1. The van der Waals surface area contributed by atoms with Gasteiger partial charge in [0.2, 0.25) is 5.91 Å². The first-order chi connectivity index (χ1) is 15.0. The number of aromatic amines is 1. The Morgan fingerprint density at radius 2 is 1.81 bits per heavy atom. The molecule has 0 saturated carbocycles. The molecule has 172 valence electrons. The average Bonchev–Trinajstić information content (AvgIpc) is 3.20. The van der Waals surface area contributed by atoms with E-state index in [2.05, 4.69) is 20.6 Å².